The molecule has 2 aromatic carbocycles. The molecule has 1 fully saturated rings. The molecule has 1 unspecified atom stereocenters. The number of anilines is 1. The molecule has 1 saturated heterocycles. The number of aromatic nitrogens is 1. The summed E-state index contributed by atoms with van der Waals surface area (Å²) in [6.07, 6.45) is 2.69. The van der Waals surface area contributed by atoms with Gasteiger partial charge in [-0.05, 0) is 36.8 Å². The van der Waals surface area contributed by atoms with Gasteiger partial charge < -0.3 is 29.4 Å². The van der Waals surface area contributed by atoms with Crippen molar-refractivity contribution in [2.24, 2.45) is 0 Å². The highest BCUT2D eigenvalue weighted by Crippen LogP contribution is 2.31. The zero-order valence-electron chi connectivity index (χ0n) is 16.7. The van der Waals surface area contributed by atoms with Crippen molar-refractivity contribution in [1.82, 2.24) is 4.98 Å². The molecule has 0 saturated carbocycles. The maximum Gasteiger partial charge on any atom is 0.351 e. The van der Waals surface area contributed by atoms with Crippen molar-refractivity contribution in [3.05, 3.63) is 42.5 Å². The lowest BCUT2D eigenvalue weighted by Crippen LogP contribution is -2.46. The molecule has 1 aliphatic heterocycles. The van der Waals surface area contributed by atoms with Crippen LogP contribution in [-0.2, 0) is 18.9 Å². The first-order chi connectivity index (χ1) is 14.1. The van der Waals surface area contributed by atoms with Gasteiger partial charge in [0.25, 0.3) is 0 Å². The molecule has 7 heteroatoms. The molecule has 1 atom stereocenters. The normalized spacial score (nSPS) is 17.7. The highest BCUT2D eigenvalue weighted by molar-refractivity contribution is 6.09. The van der Waals surface area contributed by atoms with E-state index in [0.717, 1.165) is 40.9 Å². The molecular formula is C22H26N2O5. The quantitative estimate of drug-likeness (QED) is 0.478. The van der Waals surface area contributed by atoms with Gasteiger partial charge >= 0.3 is 5.97 Å². The molecule has 7 nitrogen and oxygen atoms in total. The number of nitrogens with zero attached hydrogens (tertiary/aromatic N) is 1. The first kappa shape index (κ1) is 19.8. The number of hydrogen-bond donors (Lipinski definition) is 1. The summed E-state index contributed by atoms with van der Waals surface area (Å²) in [6, 6.07) is 13.6. The zero-order chi connectivity index (χ0) is 20.3. The van der Waals surface area contributed by atoms with Crippen molar-refractivity contribution in [3.8, 4) is 5.75 Å². The van der Waals surface area contributed by atoms with Crippen LogP contribution in [0.1, 0.15) is 19.3 Å². The van der Waals surface area contributed by atoms with Gasteiger partial charge in [0.15, 0.2) is 6.29 Å². The highest BCUT2D eigenvalue weighted by atomic mass is 16.9. The predicted molar refractivity (Wildman–Crippen MR) is 111 cm³/mol. The van der Waals surface area contributed by atoms with Gasteiger partial charge in [-0.1, -0.05) is 24.3 Å². The van der Waals surface area contributed by atoms with Crippen LogP contribution in [0, 0.1) is 0 Å². The summed E-state index contributed by atoms with van der Waals surface area (Å²) in [7, 11) is 3.03. The van der Waals surface area contributed by atoms with Gasteiger partial charge in [0.2, 0.25) is 0 Å². The first-order valence-electron chi connectivity index (χ1n) is 9.74. The highest BCUT2D eigenvalue weighted by Gasteiger charge is 2.35. The Morgan fingerprint density at radius 2 is 1.86 bits per heavy atom. The molecule has 2 heterocycles. The Bertz CT molecular complexity index is 984. The minimum Gasteiger partial charge on any atom is -0.437 e. The maximum atomic E-state index is 6.15. The third-order valence-electron chi connectivity index (χ3n) is 5.18. The molecule has 4 rings (SSSR count). The number of pyridine rings is 1. The number of ether oxygens (including phenoxy) is 5. The number of benzene rings is 2. The molecule has 1 aromatic heterocycles. The Balaban J connectivity index is 1.59. The van der Waals surface area contributed by atoms with Crippen molar-refractivity contribution >= 4 is 27.5 Å². The van der Waals surface area contributed by atoms with E-state index >= 15 is 0 Å². The number of fused-ring (bicyclic) bond motifs is 3. The average molecular weight is 398 g/mol. The minimum absolute atomic E-state index is 0.0655. The van der Waals surface area contributed by atoms with Gasteiger partial charge in [-0.2, -0.15) is 0 Å². The predicted octanol–water partition coefficient (Wildman–Crippen LogP) is 3.84. The van der Waals surface area contributed by atoms with Gasteiger partial charge in [0, 0.05) is 37.7 Å². The summed E-state index contributed by atoms with van der Waals surface area (Å²) in [6.45, 7) is 0.764. The second-order valence-corrected chi connectivity index (χ2v) is 7.02. The fourth-order valence-corrected chi connectivity index (χ4v) is 3.56. The van der Waals surface area contributed by atoms with Gasteiger partial charge in [0.05, 0.1) is 5.52 Å². The van der Waals surface area contributed by atoms with Crippen LogP contribution in [0.4, 0.5) is 5.82 Å². The van der Waals surface area contributed by atoms with E-state index in [-0.39, 0.29) is 12.9 Å². The summed E-state index contributed by atoms with van der Waals surface area (Å²) < 4.78 is 28.5. The third kappa shape index (κ3) is 4.13. The van der Waals surface area contributed by atoms with Crippen LogP contribution in [0.15, 0.2) is 42.5 Å². The second kappa shape index (κ2) is 8.51. The Morgan fingerprint density at radius 1 is 1.07 bits per heavy atom. The van der Waals surface area contributed by atoms with Gasteiger partial charge in [-0.25, -0.2) is 4.98 Å². The molecular weight excluding hydrogens is 372 g/mol. The number of methoxy groups -OCH3 is 2. The lowest BCUT2D eigenvalue weighted by Gasteiger charge is -2.32. The average Bonchev–Trinajstić information content (AvgIpc) is 2.77. The summed E-state index contributed by atoms with van der Waals surface area (Å²) in [5.41, 5.74) is 6.88. The molecule has 2 N–H and O–H groups in total. The van der Waals surface area contributed by atoms with E-state index in [1.165, 1.54) is 14.2 Å². The monoisotopic (exact) mass is 398 g/mol. The van der Waals surface area contributed by atoms with Crippen LogP contribution < -0.4 is 10.5 Å². The fraction of sp³-hybridized carbons (Fsp3) is 0.409. The van der Waals surface area contributed by atoms with E-state index in [1.54, 1.807) is 0 Å². The number of nitrogens with two attached hydrogens (primary N) is 1. The Labute approximate surface area is 169 Å². The van der Waals surface area contributed by atoms with Crippen molar-refractivity contribution < 1.29 is 23.7 Å². The maximum absolute atomic E-state index is 6.15. The van der Waals surface area contributed by atoms with E-state index in [2.05, 4.69) is 4.98 Å². The van der Waals surface area contributed by atoms with Crippen molar-refractivity contribution in [2.45, 2.75) is 31.5 Å². The van der Waals surface area contributed by atoms with Crippen LogP contribution in [0.5, 0.6) is 5.75 Å². The molecule has 0 aliphatic carbocycles. The Kier molecular flexibility index (Phi) is 5.82. The lowest BCUT2D eigenvalue weighted by atomic mass is 10.1. The molecule has 3 aromatic rings. The van der Waals surface area contributed by atoms with Crippen LogP contribution >= 0.6 is 0 Å². The zero-order valence-corrected chi connectivity index (χ0v) is 16.7. The number of rotatable bonds is 7. The van der Waals surface area contributed by atoms with E-state index in [1.807, 2.05) is 42.5 Å². The van der Waals surface area contributed by atoms with Crippen LogP contribution in [0.25, 0.3) is 21.7 Å². The standard InChI is InChI=1S/C22H26N2O5/c1-25-22(26-2,14-28-20-9-5-6-12-27-20)29-15-10-11-17-16-7-3-4-8-18(16)21(23)24-19(17)13-15/h3-4,7-8,10-11,13,20H,5-6,9,12,14H2,1-2H3,(H2,23,24). The SMILES string of the molecule is COC(COC1CCCCO1)(OC)Oc1ccc2c(c1)nc(N)c1ccccc12. The summed E-state index contributed by atoms with van der Waals surface area (Å²) >= 11 is 0. The molecule has 154 valence electrons. The third-order valence-corrected chi connectivity index (χ3v) is 5.18. The van der Waals surface area contributed by atoms with E-state index < -0.39 is 5.97 Å². The first-order valence-corrected chi connectivity index (χ1v) is 9.74. The molecule has 0 amide bonds. The van der Waals surface area contributed by atoms with Crippen LogP contribution in [-0.4, -0.2) is 44.7 Å². The second-order valence-electron chi connectivity index (χ2n) is 7.02. The van der Waals surface area contributed by atoms with E-state index in [0.29, 0.717) is 18.2 Å². The van der Waals surface area contributed by atoms with Crippen molar-refractivity contribution in [2.75, 3.05) is 33.2 Å². The molecule has 0 bridgehead atoms. The molecule has 29 heavy (non-hydrogen) atoms. The van der Waals surface area contributed by atoms with Gasteiger partial charge in [-0.3, -0.25) is 0 Å². The fourth-order valence-electron chi connectivity index (χ4n) is 3.56. The molecule has 0 spiro atoms. The van der Waals surface area contributed by atoms with Crippen molar-refractivity contribution in [3.63, 3.8) is 0 Å². The van der Waals surface area contributed by atoms with E-state index in [9.17, 15) is 0 Å². The smallest absolute Gasteiger partial charge is 0.351 e. The van der Waals surface area contributed by atoms with Crippen LogP contribution in [0.3, 0.4) is 0 Å². The molecule has 1 aliphatic rings. The van der Waals surface area contributed by atoms with Crippen molar-refractivity contribution in [1.29, 1.82) is 0 Å². The number of hydrogen-bond acceptors (Lipinski definition) is 7. The summed E-state index contributed by atoms with van der Waals surface area (Å²) in [5.74, 6) is -0.374. The topological polar surface area (TPSA) is 85.1 Å². The summed E-state index contributed by atoms with van der Waals surface area (Å²) in [4.78, 5) is 4.53. The Hall–Kier alpha value is -2.45. The molecule has 0 radical (unpaired) electrons. The largest absolute Gasteiger partial charge is 0.437 e. The summed E-state index contributed by atoms with van der Waals surface area (Å²) in [5, 5.41) is 2.97. The van der Waals surface area contributed by atoms with Gasteiger partial charge in [-0.15, -0.1) is 0 Å². The Morgan fingerprint density at radius 3 is 2.59 bits per heavy atom. The minimum atomic E-state index is -1.39. The number of nitrogen functional groups attached to an aromatic ring is 1. The van der Waals surface area contributed by atoms with Gasteiger partial charge in [0.1, 0.15) is 18.2 Å². The van der Waals surface area contributed by atoms with Crippen LogP contribution in [0.2, 0.25) is 0 Å². The lowest BCUT2D eigenvalue weighted by molar-refractivity contribution is -0.354. The van der Waals surface area contributed by atoms with E-state index in [4.69, 9.17) is 29.4 Å².